The average molecular weight is 458 g/mol. The van der Waals surface area contributed by atoms with Gasteiger partial charge in [0.25, 0.3) is 6.04 Å². The Balaban J connectivity index is 2.16. The fraction of sp³-hybridized carbons (Fsp3) is 0.273. The van der Waals surface area contributed by atoms with Crippen LogP contribution in [-0.4, -0.2) is 38.2 Å². The molecule has 2 aromatic carbocycles. The minimum Gasteiger partial charge on any atom is -0.466 e. The number of hydrogen-bond donors (Lipinski definition) is 0. The third-order valence-electron chi connectivity index (χ3n) is 5.18. The Morgan fingerprint density at radius 1 is 1.06 bits per heavy atom. The molecule has 9 nitrogen and oxygen atoms in total. The zero-order chi connectivity index (χ0) is 23.6. The number of rotatable bonds is 6. The highest BCUT2D eigenvalue weighted by molar-refractivity contribution is 7.87. The Hall–Kier alpha value is -3.53. The second-order valence-corrected chi connectivity index (χ2v) is 8.89. The second kappa shape index (κ2) is 8.91. The monoisotopic (exact) mass is 458 g/mol. The predicted molar refractivity (Wildman–Crippen MR) is 117 cm³/mol. The van der Waals surface area contributed by atoms with E-state index < -0.39 is 33.0 Å². The Bertz CT molecular complexity index is 1230. The number of carbonyl (C=O) groups excluding carboxylic acids is 1. The maximum absolute atomic E-state index is 12.9. The molecule has 0 fully saturated rings. The third-order valence-corrected chi connectivity index (χ3v) is 6.43. The first-order valence-corrected chi connectivity index (χ1v) is 11.1. The van der Waals surface area contributed by atoms with Crippen LogP contribution in [0.3, 0.4) is 0 Å². The summed E-state index contributed by atoms with van der Waals surface area (Å²) in [6.45, 7) is 4.86. The normalized spacial score (nSPS) is 18.7. The fourth-order valence-electron chi connectivity index (χ4n) is 3.68. The summed E-state index contributed by atoms with van der Waals surface area (Å²) in [4.78, 5) is 28.1. The smallest absolute Gasteiger partial charge is 0.339 e. The zero-order valence-corrected chi connectivity index (χ0v) is 18.8. The van der Waals surface area contributed by atoms with Crippen molar-refractivity contribution in [2.24, 2.45) is 4.99 Å². The predicted octanol–water partition coefficient (Wildman–Crippen LogP) is 3.41. The van der Waals surface area contributed by atoms with Crippen LogP contribution < -0.4 is 4.18 Å². The van der Waals surface area contributed by atoms with E-state index in [2.05, 4.69) is 4.99 Å². The summed E-state index contributed by atoms with van der Waals surface area (Å²) in [6.07, 6.45) is 0. The van der Waals surface area contributed by atoms with E-state index in [1.54, 1.807) is 31.2 Å². The van der Waals surface area contributed by atoms with Crippen LogP contribution in [-0.2, 0) is 19.6 Å². The van der Waals surface area contributed by atoms with Gasteiger partial charge in [-0.15, -0.1) is 0 Å². The number of nitro groups is 1. The highest BCUT2D eigenvalue weighted by atomic mass is 32.2. The van der Waals surface area contributed by atoms with E-state index >= 15 is 0 Å². The molecule has 1 aliphatic heterocycles. The Morgan fingerprint density at radius 3 is 2.28 bits per heavy atom. The van der Waals surface area contributed by atoms with Gasteiger partial charge in [-0.25, -0.2) is 4.79 Å². The molecule has 3 rings (SSSR count). The lowest BCUT2D eigenvalue weighted by Crippen LogP contribution is -2.40. The number of nitrogens with zero attached hydrogens (tertiary/aromatic N) is 2. The molecule has 1 aliphatic rings. The summed E-state index contributed by atoms with van der Waals surface area (Å²) in [7, 11) is -3.07. The molecule has 32 heavy (non-hydrogen) atoms. The van der Waals surface area contributed by atoms with E-state index in [-0.39, 0.29) is 33.2 Å². The number of para-hydroxylation sites is 1. The van der Waals surface area contributed by atoms with Gasteiger partial charge in [-0.1, -0.05) is 35.9 Å². The van der Waals surface area contributed by atoms with Crippen molar-refractivity contribution in [3.8, 4) is 5.75 Å². The molecule has 2 unspecified atom stereocenters. The van der Waals surface area contributed by atoms with Crippen LogP contribution in [0.2, 0.25) is 0 Å². The van der Waals surface area contributed by atoms with Gasteiger partial charge < -0.3 is 8.92 Å². The third kappa shape index (κ3) is 4.40. The number of methoxy groups -OCH3 is 1. The summed E-state index contributed by atoms with van der Waals surface area (Å²) in [6, 6.07) is 10.7. The number of esters is 1. The van der Waals surface area contributed by atoms with E-state index in [1.165, 1.54) is 31.2 Å². The van der Waals surface area contributed by atoms with E-state index in [4.69, 9.17) is 8.92 Å². The lowest BCUT2D eigenvalue weighted by Gasteiger charge is -2.28. The molecule has 0 aromatic heterocycles. The highest BCUT2D eigenvalue weighted by Gasteiger charge is 2.46. The largest absolute Gasteiger partial charge is 0.466 e. The van der Waals surface area contributed by atoms with Crippen LogP contribution in [0.15, 0.2) is 69.7 Å². The van der Waals surface area contributed by atoms with Crippen molar-refractivity contribution in [1.29, 1.82) is 0 Å². The average Bonchev–Trinajstić information content (AvgIpc) is 2.73. The standard InChI is InChI=1S/C22H22N2O7S/c1-13-9-11-16(12-10-13)32(28,29)31-18-8-6-5-7-17(18)20-19(22(25)30-4)14(2)23-15(3)21(20)24(26)27/h5-12,20-21H,1-4H3. The summed E-state index contributed by atoms with van der Waals surface area (Å²) in [5.41, 5.74) is 1.45. The molecular weight excluding hydrogens is 436 g/mol. The van der Waals surface area contributed by atoms with Gasteiger partial charge in [0.05, 0.1) is 24.3 Å². The number of allylic oxidation sites excluding steroid dienone is 1. The summed E-state index contributed by atoms with van der Waals surface area (Å²) >= 11 is 0. The van der Waals surface area contributed by atoms with Crippen LogP contribution in [0, 0.1) is 17.0 Å². The molecule has 0 saturated heterocycles. The summed E-state index contributed by atoms with van der Waals surface area (Å²) in [5, 5.41) is 12.0. The minimum atomic E-state index is -4.23. The molecule has 0 amide bonds. The number of hydrogen-bond acceptors (Lipinski definition) is 8. The first kappa shape index (κ1) is 23.1. The lowest BCUT2D eigenvalue weighted by molar-refractivity contribution is -0.505. The van der Waals surface area contributed by atoms with Crippen molar-refractivity contribution in [2.45, 2.75) is 37.6 Å². The van der Waals surface area contributed by atoms with Crippen molar-refractivity contribution in [3.05, 3.63) is 81.0 Å². The molecule has 0 spiro atoms. The molecule has 0 bridgehead atoms. The van der Waals surface area contributed by atoms with Gasteiger partial charge in [-0.05, 0) is 39.0 Å². The van der Waals surface area contributed by atoms with Crippen LogP contribution in [0.5, 0.6) is 5.75 Å². The molecule has 1 heterocycles. The second-order valence-electron chi connectivity index (χ2n) is 7.34. The molecule has 2 atom stereocenters. The number of carbonyl (C=O) groups is 1. The van der Waals surface area contributed by atoms with Gasteiger partial charge in [-0.3, -0.25) is 15.1 Å². The van der Waals surface area contributed by atoms with Gasteiger partial charge in [0.15, 0.2) is 0 Å². The Kier molecular flexibility index (Phi) is 6.45. The van der Waals surface area contributed by atoms with Gasteiger partial charge in [0, 0.05) is 16.2 Å². The number of aliphatic imine (C=N–C) groups is 1. The van der Waals surface area contributed by atoms with Crippen molar-refractivity contribution in [3.63, 3.8) is 0 Å². The van der Waals surface area contributed by atoms with E-state index in [0.29, 0.717) is 0 Å². The number of benzene rings is 2. The Morgan fingerprint density at radius 2 is 1.69 bits per heavy atom. The Labute approximate surface area is 185 Å². The fourth-order valence-corrected chi connectivity index (χ4v) is 4.64. The molecule has 0 radical (unpaired) electrons. The first-order valence-electron chi connectivity index (χ1n) is 9.64. The number of ether oxygens (including phenoxy) is 1. The number of aryl methyl sites for hydroxylation is 1. The molecule has 2 aromatic rings. The van der Waals surface area contributed by atoms with E-state index in [1.807, 2.05) is 6.92 Å². The molecule has 0 N–H and O–H groups in total. The van der Waals surface area contributed by atoms with Crippen LogP contribution in [0.4, 0.5) is 0 Å². The lowest BCUT2D eigenvalue weighted by atomic mass is 9.80. The van der Waals surface area contributed by atoms with Gasteiger partial charge in [0.1, 0.15) is 10.6 Å². The topological polar surface area (TPSA) is 125 Å². The maximum Gasteiger partial charge on any atom is 0.339 e. The summed E-state index contributed by atoms with van der Waals surface area (Å²) < 4.78 is 36.0. The van der Waals surface area contributed by atoms with Crippen molar-refractivity contribution < 1.29 is 27.1 Å². The van der Waals surface area contributed by atoms with Gasteiger partial charge in [0.2, 0.25) is 0 Å². The molecular formula is C22H22N2O7S. The van der Waals surface area contributed by atoms with Crippen LogP contribution in [0.1, 0.15) is 30.9 Å². The SMILES string of the molecule is COC(=O)C1=C(C)N=C(C)C([N+](=O)[O-])C1c1ccccc1OS(=O)(=O)c1ccc(C)cc1. The van der Waals surface area contributed by atoms with Gasteiger partial charge >= 0.3 is 16.1 Å². The minimum absolute atomic E-state index is 0.0245. The highest BCUT2D eigenvalue weighted by Crippen LogP contribution is 2.41. The summed E-state index contributed by atoms with van der Waals surface area (Å²) in [5.74, 6) is -2.06. The quantitative estimate of drug-likeness (QED) is 0.281. The van der Waals surface area contributed by atoms with E-state index in [0.717, 1.165) is 12.7 Å². The molecule has 0 aliphatic carbocycles. The molecule has 0 saturated carbocycles. The molecule has 10 heteroatoms. The first-order chi connectivity index (χ1) is 15.1. The van der Waals surface area contributed by atoms with Crippen molar-refractivity contribution in [2.75, 3.05) is 7.11 Å². The maximum atomic E-state index is 12.9. The van der Waals surface area contributed by atoms with Crippen LogP contribution in [0.25, 0.3) is 0 Å². The van der Waals surface area contributed by atoms with Crippen molar-refractivity contribution in [1.82, 2.24) is 0 Å². The van der Waals surface area contributed by atoms with Crippen LogP contribution >= 0.6 is 0 Å². The van der Waals surface area contributed by atoms with E-state index in [9.17, 15) is 23.3 Å². The van der Waals surface area contributed by atoms with Crippen molar-refractivity contribution >= 4 is 21.8 Å². The van der Waals surface area contributed by atoms with Gasteiger partial charge in [-0.2, -0.15) is 8.42 Å². The zero-order valence-electron chi connectivity index (χ0n) is 17.9. The molecule has 168 valence electrons.